The molecular formula is C10H20N2O3S. The first-order chi connectivity index (χ1) is 7.47. The SMILES string of the molecule is CS(=O)(=O)NCCC(=O)NCC1CCCC1. The topological polar surface area (TPSA) is 75.3 Å². The van der Waals surface area contributed by atoms with Crippen LogP contribution in [0.3, 0.4) is 0 Å². The van der Waals surface area contributed by atoms with Crippen LogP contribution in [0.5, 0.6) is 0 Å². The molecule has 5 nitrogen and oxygen atoms in total. The predicted octanol–water partition coefficient (Wildman–Crippen LogP) is 0.232. The fourth-order valence-electron chi connectivity index (χ4n) is 1.91. The van der Waals surface area contributed by atoms with E-state index in [1.807, 2.05) is 0 Å². The van der Waals surface area contributed by atoms with E-state index in [4.69, 9.17) is 0 Å². The Bertz CT molecular complexity index is 321. The van der Waals surface area contributed by atoms with E-state index in [9.17, 15) is 13.2 Å². The second kappa shape index (κ2) is 6.20. The van der Waals surface area contributed by atoms with Crippen molar-refractivity contribution in [1.29, 1.82) is 0 Å². The van der Waals surface area contributed by atoms with Crippen molar-refractivity contribution in [3.05, 3.63) is 0 Å². The van der Waals surface area contributed by atoms with Crippen LogP contribution in [0, 0.1) is 5.92 Å². The Labute approximate surface area is 97.0 Å². The molecule has 0 aliphatic heterocycles. The van der Waals surface area contributed by atoms with Gasteiger partial charge in [0.1, 0.15) is 0 Å². The van der Waals surface area contributed by atoms with E-state index in [1.165, 1.54) is 25.7 Å². The number of carbonyl (C=O) groups excluding carboxylic acids is 1. The molecule has 0 radical (unpaired) electrons. The Hall–Kier alpha value is -0.620. The van der Waals surface area contributed by atoms with Gasteiger partial charge in [-0.25, -0.2) is 13.1 Å². The molecule has 1 amide bonds. The lowest BCUT2D eigenvalue weighted by molar-refractivity contribution is -0.121. The summed E-state index contributed by atoms with van der Waals surface area (Å²) >= 11 is 0. The molecule has 0 bridgehead atoms. The van der Waals surface area contributed by atoms with E-state index in [0.29, 0.717) is 5.92 Å². The zero-order valence-corrected chi connectivity index (χ0v) is 10.5. The van der Waals surface area contributed by atoms with Crippen molar-refractivity contribution in [2.24, 2.45) is 5.92 Å². The van der Waals surface area contributed by atoms with Crippen LogP contribution in [0.2, 0.25) is 0 Å². The molecule has 0 aromatic heterocycles. The molecule has 0 atom stereocenters. The zero-order chi connectivity index (χ0) is 12.0. The van der Waals surface area contributed by atoms with Gasteiger partial charge in [-0.15, -0.1) is 0 Å². The Morgan fingerprint density at radius 3 is 2.50 bits per heavy atom. The molecular weight excluding hydrogens is 228 g/mol. The molecule has 0 spiro atoms. The molecule has 1 rings (SSSR count). The average molecular weight is 248 g/mol. The van der Waals surface area contributed by atoms with Crippen molar-refractivity contribution in [1.82, 2.24) is 10.0 Å². The first-order valence-corrected chi connectivity index (χ1v) is 7.58. The number of hydrogen-bond donors (Lipinski definition) is 2. The smallest absolute Gasteiger partial charge is 0.221 e. The number of sulfonamides is 1. The lowest BCUT2D eigenvalue weighted by Crippen LogP contribution is -2.32. The van der Waals surface area contributed by atoms with E-state index in [0.717, 1.165) is 12.8 Å². The molecule has 0 aromatic rings. The van der Waals surface area contributed by atoms with Crippen LogP contribution in [-0.4, -0.2) is 33.7 Å². The summed E-state index contributed by atoms with van der Waals surface area (Å²) in [6, 6.07) is 0. The Balaban J connectivity index is 2.06. The Morgan fingerprint density at radius 2 is 1.94 bits per heavy atom. The number of amides is 1. The first-order valence-electron chi connectivity index (χ1n) is 5.69. The molecule has 1 aliphatic carbocycles. The van der Waals surface area contributed by atoms with E-state index in [2.05, 4.69) is 10.0 Å². The van der Waals surface area contributed by atoms with Gasteiger partial charge in [-0.05, 0) is 18.8 Å². The first kappa shape index (κ1) is 13.4. The number of nitrogens with one attached hydrogen (secondary N) is 2. The minimum atomic E-state index is -3.18. The second-order valence-corrected chi connectivity index (χ2v) is 6.20. The lowest BCUT2D eigenvalue weighted by Gasteiger charge is -2.10. The lowest BCUT2D eigenvalue weighted by atomic mass is 10.1. The average Bonchev–Trinajstić information content (AvgIpc) is 2.65. The van der Waals surface area contributed by atoms with E-state index in [-0.39, 0.29) is 18.9 Å². The summed E-state index contributed by atoms with van der Waals surface area (Å²) in [4.78, 5) is 11.3. The van der Waals surface area contributed by atoms with Gasteiger partial charge in [0.05, 0.1) is 6.26 Å². The van der Waals surface area contributed by atoms with E-state index in [1.54, 1.807) is 0 Å². The highest BCUT2D eigenvalue weighted by Gasteiger charge is 2.15. The van der Waals surface area contributed by atoms with Crippen LogP contribution < -0.4 is 10.0 Å². The summed E-state index contributed by atoms with van der Waals surface area (Å²) in [7, 11) is -3.18. The molecule has 1 fully saturated rings. The molecule has 0 saturated heterocycles. The molecule has 94 valence electrons. The highest BCUT2D eigenvalue weighted by Crippen LogP contribution is 2.23. The van der Waals surface area contributed by atoms with Gasteiger partial charge in [-0.2, -0.15) is 0 Å². The number of rotatable bonds is 6. The summed E-state index contributed by atoms with van der Waals surface area (Å²) in [5.74, 6) is 0.537. The minimum Gasteiger partial charge on any atom is -0.356 e. The quantitative estimate of drug-likeness (QED) is 0.706. The number of hydrogen-bond acceptors (Lipinski definition) is 3. The molecule has 1 aliphatic rings. The summed E-state index contributed by atoms with van der Waals surface area (Å²) in [5, 5.41) is 2.84. The Kier molecular flexibility index (Phi) is 5.21. The zero-order valence-electron chi connectivity index (χ0n) is 9.66. The van der Waals surface area contributed by atoms with Crippen molar-refractivity contribution >= 4 is 15.9 Å². The van der Waals surface area contributed by atoms with Crippen molar-refractivity contribution in [3.8, 4) is 0 Å². The highest BCUT2D eigenvalue weighted by atomic mass is 32.2. The molecule has 1 saturated carbocycles. The van der Waals surface area contributed by atoms with Crippen molar-refractivity contribution in [2.45, 2.75) is 32.1 Å². The standard InChI is InChI=1S/C10H20N2O3S/c1-16(14,15)12-7-6-10(13)11-8-9-4-2-3-5-9/h9,12H,2-8H2,1H3,(H,11,13). The second-order valence-electron chi connectivity index (χ2n) is 4.37. The third-order valence-corrected chi connectivity index (χ3v) is 3.51. The summed E-state index contributed by atoms with van der Waals surface area (Å²) in [5.41, 5.74) is 0. The fourth-order valence-corrected chi connectivity index (χ4v) is 2.38. The van der Waals surface area contributed by atoms with Crippen LogP contribution in [-0.2, 0) is 14.8 Å². The normalized spacial score (nSPS) is 17.6. The van der Waals surface area contributed by atoms with E-state index >= 15 is 0 Å². The third-order valence-electron chi connectivity index (χ3n) is 2.78. The monoisotopic (exact) mass is 248 g/mol. The van der Waals surface area contributed by atoms with Crippen molar-refractivity contribution in [3.63, 3.8) is 0 Å². The summed E-state index contributed by atoms with van der Waals surface area (Å²) in [6.07, 6.45) is 6.21. The molecule has 16 heavy (non-hydrogen) atoms. The van der Waals surface area contributed by atoms with Crippen LogP contribution in [0.4, 0.5) is 0 Å². The Morgan fingerprint density at radius 1 is 1.31 bits per heavy atom. The summed E-state index contributed by atoms with van der Waals surface area (Å²) < 4.78 is 23.8. The van der Waals surface area contributed by atoms with Gasteiger partial charge in [0, 0.05) is 19.5 Å². The molecule has 0 unspecified atom stereocenters. The maximum absolute atomic E-state index is 11.3. The summed E-state index contributed by atoms with van der Waals surface area (Å²) in [6.45, 7) is 0.910. The van der Waals surface area contributed by atoms with Crippen LogP contribution >= 0.6 is 0 Å². The largest absolute Gasteiger partial charge is 0.356 e. The highest BCUT2D eigenvalue weighted by molar-refractivity contribution is 7.88. The molecule has 0 aromatic carbocycles. The van der Waals surface area contributed by atoms with Gasteiger partial charge < -0.3 is 5.32 Å². The molecule has 2 N–H and O–H groups in total. The van der Waals surface area contributed by atoms with Gasteiger partial charge in [0.25, 0.3) is 0 Å². The predicted molar refractivity (Wildman–Crippen MR) is 62.4 cm³/mol. The maximum atomic E-state index is 11.3. The van der Waals surface area contributed by atoms with E-state index < -0.39 is 10.0 Å². The van der Waals surface area contributed by atoms with Crippen LogP contribution in [0.25, 0.3) is 0 Å². The van der Waals surface area contributed by atoms with Gasteiger partial charge >= 0.3 is 0 Å². The van der Waals surface area contributed by atoms with Crippen molar-refractivity contribution < 1.29 is 13.2 Å². The van der Waals surface area contributed by atoms with Gasteiger partial charge in [-0.1, -0.05) is 12.8 Å². The van der Waals surface area contributed by atoms with Gasteiger partial charge in [0.2, 0.25) is 15.9 Å². The maximum Gasteiger partial charge on any atom is 0.221 e. The minimum absolute atomic E-state index is 0.0805. The fraction of sp³-hybridized carbons (Fsp3) is 0.900. The van der Waals surface area contributed by atoms with Crippen LogP contribution in [0.1, 0.15) is 32.1 Å². The third kappa shape index (κ3) is 6.07. The number of carbonyl (C=O) groups is 1. The van der Waals surface area contributed by atoms with Crippen LogP contribution in [0.15, 0.2) is 0 Å². The van der Waals surface area contributed by atoms with Gasteiger partial charge in [0.15, 0.2) is 0 Å². The van der Waals surface area contributed by atoms with Gasteiger partial charge in [-0.3, -0.25) is 4.79 Å². The molecule has 6 heteroatoms. The van der Waals surface area contributed by atoms with Crippen molar-refractivity contribution in [2.75, 3.05) is 19.3 Å². The molecule has 0 heterocycles.